The molecule has 0 fully saturated rings. The predicted molar refractivity (Wildman–Crippen MR) is 55.1 cm³/mol. The average Bonchev–Trinajstić information content (AvgIpc) is 2.57. The third kappa shape index (κ3) is 1.81. The number of nitrogens with zero attached hydrogens (tertiary/aromatic N) is 2. The van der Waals surface area contributed by atoms with Gasteiger partial charge in [0.2, 0.25) is 0 Å². The van der Waals surface area contributed by atoms with Gasteiger partial charge in [-0.05, 0) is 18.1 Å². The number of likely N-dealkylation sites (N-methyl/N-ethyl adjacent to an activating group) is 1. The predicted octanol–water partition coefficient (Wildman–Crippen LogP) is 2.61. The third-order valence-electron chi connectivity index (χ3n) is 2.85. The Labute approximate surface area is 94.8 Å². The fourth-order valence-corrected chi connectivity index (χ4v) is 2.10. The first-order valence-corrected chi connectivity index (χ1v) is 4.91. The Hall–Kier alpha value is -1.79. The van der Waals surface area contributed by atoms with Gasteiger partial charge in [0.25, 0.3) is 5.69 Å². The molecule has 1 heterocycles. The highest BCUT2D eigenvalue weighted by atomic mass is 19.4. The lowest BCUT2D eigenvalue weighted by molar-refractivity contribution is -0.388. The van der Waals surface area contributed by atoms with Crippen LogP contribution in [-0.4, -0.2) is 18.5 Å². The molecule has 0 amide bonds. The lowest BCUT2D eigenvalue weighted by Crippen LogP contribution is -2.13. The van der Waals surface area contributed by atoms with Gasteiger partial charge in [-0.2, -0.15) is 13.2 Å². The summed E-state index contributed by atoms with van der Waals surface area (Å²) in [7, 11) is 1.66. The number of fused-ring (bicyclic) bond motifs is 1. The maximum Gasteiger partial charge on any atom is 0.423 e. The van der Waals surface area contributed by atoms with Crippen LogP contribution >= 0.6 is 0 Å². The smallest absolute Gasteiger partial charge is 0.374 e. The molecule has 7 heteroatoms. The van der Waals surface area contributed by atoms with Gasteiger partial charge in [0.15, 0.2) is 0 Å². The van der Waals surface area contributed by atoms with E-state index in [0.29, 0.717) is 12.2 Å². The fraction of sp³-hybridized carbons (Fsp3) is 0.400. The molecule has 1 aromatic rings. The minimum absolute atomic E-state index is 0.0224. The molecule has 1 aromatic carbocycles. The van der Waals surface area contributed by atoms with Crippen molar-refractivity contribution < 1.29 is 18.1 Å². The minimum atomic E-state index is -4.70. The van der Waals surface area contributed by atoms with Crippen molar-refractivity contribution in [2.75, 3.05) is 18.5 Å². The van der Waals surface area contributed by atoms with Crippen molar-refractivity contribution in [3.63, 3.8) is 0 Å². The zero-order valence-electron chi connectivity index (χ0n) is 8.91. The average molecular weight is 246 g/mol. The molecule has 0 spiro atoms. The summed E-state index contributed by atoms with van der Waals surface area (Å²) < 4.78 is 38.6. The van der Waals surface area contributed by atoms with Crippen molar-refractivity contribution in [2.24, 2.45) is 0 Å². The quantitative estimate of drug-likeness (QED) is 0.565. The van der Waals surface area contributed by atoms with Gasteiger partial charge in [-0.3, -0.25) is 10.1 Å². The first-order chi connectivity index (χ1) is 7.82. The Morgan fingerprint density at radius 3 is 2.59 bits per heavy atom. The number of rotatable bonds is 1. The molecular weight excluding hydrogens is 237 g/mol. The molecule has 92 valence electrons. The maximum atomic E-state index is 12.9. The van der Waals surface area contributed by atoms with Crippen molar-refractivity contribution in [1.82, 2.24) is 0 Å². The molecule has 0 N–H and O–H groups in total. The van der Waals surface area contributed by atoms with Crippen LogP contribution in [0.1, 0.15) is 11.1 Å². The van der Waals surface area contributed by atoms with E-state index >= 15 is 0 Å². The number of halogens is 3. The summed E-state index contributed by atoms with van der Waals surface area (Å²) in [6, 6.07) is 2.29. The van der Waals surface area contributed by atoms with Gasteiger partial charge < -0.3 is 4.90 Å². The van der Waals surface area contributed by atoms with Crippen LogP contribution in [-0.2, 0) is 12.6 Å². The summed E-state index contributed by atoms with van der Waals surface area (Å²) in [5.41, 5.74) is -1.53. The van der Waals surface area contributed by atoms with E-state index in [-0.39, 0.29) is 12.0 Å². The lowest BCUT2D eigenvalue weighted by Gasteiger charge is -2.14. The van der Waals surface area contributed by atoms with Crippen molar-refractivity contribution in [1.29, 1.82) is 0 Å². The third-order valence-corrected chi connectivity index (χ3v) is 2.85. The molecule has 0 radical (unpaired) electrons. The van der Waals surface area contributed by atoms with Crippen molar-refractivity contribution in [3.05, 3.63) is 33.4 Å². The van der Waals surface area contributed by atoms with Gasteiger partial charge in [-0.25, -0.2) is 0 Å². The Balaban J connectivity index is 2.71. The van der Waals surface area contributed by atoms with Gasteiger partial charge in [0, 0.05) is 25.3 Å². The first kappa shape index (κ1) is 11.7. The maximum absolute atomic E-state index is 12.9. The summed E-state index contributed by atoms with van der Waals surface area (Å²) in [6.45, 7) is 0.444. The molecule has 4 nitrogen and oxygen atoms in total. The molecule has 1 aliphatic heterocycles. The first-order valence-electron chi connectivity index (χ1n) is 4.91. The van der Waals surface area contributed by atoms with Gasteiger partial charge in [0.1, 0.15) is 5.56 Å². The van der Waals surface area contributed by atoms with E-state index in [1.165, 1.54) is 6.07 Å². The molecule has 17 heavy (non-hydrogen) atoms. The highest BCUT2D eigenvalue weighted by molar-refractivity contribution is 5.66. The number of alkyl halides is 3. The van der Waals surface area contributed by atoms with Crippen LogP contribution in [0.25, 0.3) is 0 Å². The molecule has 1 aliphatic rings. The van der Waals surface area contributed by atoms with E-state index in [9.17, 15) is 23.3 Å². The molecule has 0 aliphatic carbocycles. The standard InChI is InChI=1S/C10H9F3N2O2/c1-14-5-4-6-7(14)2-3-8(15(16)17)9(6)10(11,12)13/h2-3H,4-5H2,1H3. The number of anilines is 1. The molecule has 0 saturated carbocycles. The highest BCUT2D eigenvalue weighted by Crippen LogP contribution is 2.44. The van der Waals surface area contributed by atoms with Gasteiger partial charge in [0.05, 0.1) is 4.92 Å². The van der Waals surface area contributed by atoms with Crippen LogP contribution in [0.3, 0.4) is 0 Å². The lowest BCUT2D eigenvalue weighted by atomic mass is 10.0. The molecule has 0 atom stereocenters. The summed E-state index contributed by atoms with van der Waals surface area (Å²) in [5, 5.41) is 10.6. The van der Waals surface area contributed by atoms with Crippen molar-refractivity contribution in [3.8, 4) is 0 Å². The number of hydrogen-bond acceptors (Lipinski definition) is 3. The summed E-state index contributed by atoms with van der Waals surface area (Å²) in [4.78, 5) is 11.3. The SMILES string of the molecule is CN1CCc2c1ccc([N+](=O)[O-])c2C(F)(F)F. The number of nitro benzene ring substituents is 1. The van der Waals surface area contributed by atoms with Crippen molar-refractivity contribution >= 4 is 11.4 Å². The van der Waals surface area contributed by atoms with Gasteiger partial charge in [-0.1, -0.05) is 0 Å². The summed E-state index contributed by atoms with van der Waals surface area (Å²) >= 11 is 0. The van der Waals surface area contributed by atoms with E-state index < -0.39 is 22.4 Å². The monoisotopic (exact) mass is 246 g/mol. The summed E-state index contributed by atoms with van der Waals surface area (Å²) in [5.74, 6) is 0. The second-order valence-electron chi connectivity index (χ2n) is 3.88. The molecule has 0 bridgehead atoms. The molecule has 0 unspecified atom stereocenters. The molecule has 2 rings (SSSR count). The second kappa shape index (κ2) is 3.61. The number of hydrogen-bond donors (Lipinski definition) is 0. The van der Waals surface area contributed by atoms with Gasteiger partial charge in [-0.15, -0.1) is 0 Å². The van der Waals surface area contributed by atoms with E-state index in [2.05, 4.69) is 0 Å². The van der Waals surface area contributed by atoms with E-state index in [0.717, 1.165) is 6.07 Å². The van der Waals surface area contributed by atoms with Crippen LogP contribution in [0.15, 0.2) is 12.1 Å². The van der Waals surface area contributed by atoms with E-state index in [1.54, 1.807) is 11.9 Å². The highest BCUT2D eigenvalue weighted by Gasteiger charge is 2.43. The van der Waals surface area contributed by atoms with Crippen LogP contribution in [0.5, 0.6) is 0 Å². The van der Waals surface area contributed by atoms with E-state index in [1.807, 2.05) is 0 Å². The number of nitro groups is 1. The topological polar surface area (TPSA) is 46.4 Å². The van der Waals surface area contributed by atoms with E-state index in [4.69, 9.17) is 0 Å². The second-order valence-corrected chi connectivity index (χ2v) is 3.88. The van der Waals surface area contributed by atoms with Crippen LogP contribution in [0.4, 0.5) is 24.5 Å². The Bertz CT molecular complexity index is 485. The Morgan fingerprint density at radius 2 is 2.06 bits per heavy atom. The summed E-state index contributed by atoms with van der Waals surface area (Å²) in [6.07, 6.45) is -4.51. The Kier molecular flexibility index (Phi) is 2.48. The van der Waals surface area contributed by atoms with Crippen LogP contribution in [0, 0.1) is 10.1 Å². The van der Waals surface area contributed by atoms with Crippen LogP contribution < -0.4 is 4.90 Å². The fourth-order valence-electron chi connectivity index (χ4n) is 2.10. The zero-order chi connectivity index (χ0) is 12.8. The van der Waals surface area contributed by atoms with Gasteiger partial charge >= 0.3 is 6.18 Å². The van der Waals surface area contributed by atoms with Crippen molar-refractivity contribution in [2.45, 2.75) is 12.6 Å². The number of benzene rings is 1. The normalized spacial score (nSPS) is 14.9. The minimum Gasteiger partial charge on any atom is -0.374 e. The largest absolute Gasteiger partial charge is 0.423 e. The van der Waals surface area contributed by atoms with Crippen LogP contribution in [0.2, 0.25) is 0 Å². The Morgan fingerprint density at radius 1 is 1.41 bits per heavy atom. The molecular formula is C10H9F3N2O2. The molecule has 0 aromatic heterocycles. The molecule has 0 saturated heterocycles. The zero-order valence-corrected chi connectivity index (χ0v) is 8.91.